The number of carbonyl (C=O) groups is 1. The van der Waals surface area contributed by atoms with Crippen molar-refractivity contribution in [1.82, 2.24) is 4.90 Å². The molecule has 2 atom stereocenters. The molecule has 1 aliphatic rings. The Labute approximate surface area is 147 Å². The Morgan fingerprint density at radius 1 is 1.33 bits per heavy atom. The molecular weight excluding hydrogens is 318 g/mol. The van der Waals surface area contributed by atoms with E-state index in [-0.39, 0.29) is 11.1 Å². The molecule has 1 aliphatic heterocycles. The van der Waals surface area contributed by atoms with Crippen LogP contribution in [0.1, 0.15) is 39.7 Å². The molecule has 5 heteroatoms. The van der Waals surface area contributed by atoms with Gasteiger partial charge in [-0.1, -0.05) is 51.1 Å². The number of benzene rings is 1. The number of hydrogen-bond donors (Lipinski definition) is 1. The highest BCUT2D eigenvalue weighted by Crippen LogP contribution is 2.41. The summed E-state index contributed by atoms with van der Waals surface area (Å²) in [7, 11) is -1.91. The first kappa shape index (κ1) is 19.2. The van der Waals surface area contributed by atoms with Gasteiger partial charge in [0.25, 0.3) is 0 Å². The molecule has 0 aromatic heterocycles. The number of likely N-dealkylation sites (tertiary alicyclic amines) is 1. The van der Waals surface area contributed by atoms with Crippen LogP contribution in [0, 0.1) is 0 Å². The molecule has 1 heterocycles. The van der Waals surface area contributed by atoms with E-state index in [1.807, 2.05) is 37.3 Å². The van der Waals surface area contributed by atoms with Gasteiger partial charge < -0.3 is 9.53 Å². The van der Waals surface area contributed by atoms with E-state index < -0.39 is 19.8 Å². The first-order chi connectivity index (χ1) is 11.0. The quantitative estimate of drug-likeness (QED) is 0.812. The van der Waals surface area contributed by atoms with Crippen LogP contribution in [0.5, 0.6) is 0 Å². The van der Waals surface area contributed by atoms with E-state index in [1.165, 1.54) is 0 Å². The van der Waals surface area contributed by atoms with E-state index in [4.69, 9.17) is 4.43 Å². The van der Waals surface area contributed by atoms with Gasteiger partial charge in [0.05, 0.1) is 6.10 Å². The highest BCUT2D eigenvalue weighted by Gasteiger charge is 2.50. The van der Waals surface area contributed by atoms with Crippen molar-refractivity contribution in [3.63, 3.8) is 0 Å². The fourth-order valence-electron chi connectivity index (χ4n) is 3.02. The predicted octanol–water partition coefficient (Wildman–Crippen LogP) is 4.13. The fourth-order valence-corrected chi connectivity index (χ4v) is 4.37. The standard InChI is InChI=1S/C19H31NO3Si/c1-18(2,3)24(5,6)23-16-12-19(4,17(21)22)20(14-16)13-15-10-8-7-9-11-15/h7-11,16H,12-14H2,1-6H3,(H,21,22)/t16-,19-/m1/s1. The van der Waals surface area contributed by atoms with Crippen LogP contribution in [-0.4, -0.2) is 42.5 Å². The Balaban J connectivity index is 2.17. The summed E-state index contributed by atoms with van der Waals surface area (Å²) in [5.41, 5.74) is 0.265. The highest BCUT2D eigenvalue weighted by atomic mass is 28.4. The summed E-state index contributed by atoms with van der Waals surface area (Å²) in [6.07, 6.45) is 0.525. The predicted molar refractivity (Wildman–Crippen MR) is 99.6 cm³/mol. The molecule has 1 fully saturated rings. The molecule has 0 amide bonds. The number of rotatable bonds is 5. The average Bonchev–Trinajstić information content (AvgIpc) is 2.75. The van der Waals surface area contributed by atoms with Crippen molar-refractivity contribution in [2.24, 2.45) is 0 Å². The monoisotopic (exact) mass is 349 g/mol. The maximum atomic E-state index is 11.9. The van der Waals surface area contributed by atoms with Gasteiger partial charge in [0, 0.05) is 19.5 Å². The topological polar surface area (TPSA) is 49.8 Å². The van der Waals surface area contributed by atoms with Crippen molar-refractivity contribution >= 4 is 14.3 Å². The van der Waals surface area contributed by atoms with Gasteiger partial charge in [-0.05, 0) is 30.6 Å². The van der Waals surface area contributed by atoms with Crippen molar-refractivity contribution in [3.8, 4) is 0 Å². The van der Waals surface area contributed by atoms with Crippen LogP contribution in [0.2, 0.25) is 18.1 Å². The van der Waals surface area contributed by atoms with Crippen LogP contribution < -0.4 is 0 Å². The summed E-state index contributed by atoms with van der Waals surface area (Å²) < 4.78 is 6.51. The Bertz CT molecular complexity index is 582. The zero-order chi connectivity index (χ0) is 18.2. The Hall–Kier alpha value is -1.17. The van der Waals surface area contributed by atoms with Crippen molar-refractivity contribution in [2.45, 2.75) is 70.4 Å². The summed E-state index contributed by atoms with van der Waals surface area (Å²) in [6.45, 7) is 14.2. The molecule has 0 unspecified atom stereocenters. The molecule has 0 aliphatic carbocycles. The second-order valence-corrected chi connectivity index (χ2v) is 13.4. The third-order valence-corrected chi connectivity index (χ3v) is 10.2. The molecular formula is C19H31NO3Si. The van der Waals surface area contributed by atoms with Gasteiger partial charge in [-0.25, -0.2) is 0 Å². The first-order valence-corrected chi connectivity index (χ1v) is 11.6. The van der Waals surface area contributed by atoms with E-state index in [0.717, 1.165) is 5.56 Å². The van der Waals surface area contributed by atoms with E-state index in [2.05, 4.69) is 38.8 Å². The van der Waals surface area contributed by atoms with Crippen molar-refractivity contribution < 1.29 is 14.3 Å². The second kappa shape index (κ2) is 6.62. The summed E-state index contributed by atoms with van der Waals surface area (Å²) in [4.78, 5) is 14.0. The van der Waals surface area contributed by atoms with Gasteiger partial charge in [0.15, 0.2) is 8.32 Å². The number of carboxylic acids is 1. The van der Waals surface area contributed by atoms with Crippen LogP contribution in [0.4, 0.5) is 0 Å². The lowest BCUT2D eigenvalue weighted by Crippen LogP contribution is -2.47. The molecule has 0 radical (unpaired) electrons. The number of aliphatic carboxylic acids is 1. The molecule has 0 spiro atoms. The van der Waals surface area contributed by atoms with Crippen molar-refractivity contribution in [2.75, 3.05) is 6.54 Å². The zero-order valence-electron chi connectivity index (χ0n) is 15.8. The number of hydrogen-bond acceptors (Lipinski definition) is 3. The molecule has 2 rings (SSSR count). The molecule has 134 valence electrons. The smallest absolute Gasteiger partial charge is 0.323 e. The molecule has 1 N–H and O–H groups in total. The number of carboxylic acid groups (broad SMARTS) is 1. The van der Waals surface area contributed by atoms with Gasteiger partial charge in [0.1, 0.15) is 5.54 Å². The van der Waals surface area contributed by atoms with Crippen LogP contribution in [-0.2, 0) is 15.8 Å². The summed E-state index contributed by atoms with van der Waals surface area (Å²) >= 11 is 0. The fraction of sp³-hybridized carbons (Fsp3) is 0.632. The molecule has 0 saturated carbocycles. The normalized spacial score (nSPS) is 25.8. The Morgan fingerprint density at radius 2 is 1.92 bits per heavy atom. The Kier molecular flexibility index (Phi) is 5.28. The summed E-state index contributed by atoms with van der Waals surface area (Å²) in [5.74, 6) is -0.764. The van der Waals surface area contributed by atoms with Gasteiger partial charge in [-0.15, -0.1) is 0 Å². The van der Waals surface area contributed by atoms with Crippen molar-refractivity contribution in [3.05, 3.63) is 35.9 Å². The van der Waals surface area contributed by atoms with Gasteiger partial charge in [-0.3, -0.25) is 9.69 Å². The minimum atomic E-state index is -1.91. The van der Waals surface area contributed by atoms with Crippen LogP contribution in [0.25, 0.3) is 0 Å². The van der Waals surface area contributed by atoms with Crippen molar-refractivity contribution in [1.29, 1.82) is 0 Å². The van der Waals surface area contributed by atoms with Crippen LogP contribution >= 0.6 is 0 Å². The third kappa shape index (κ3) is 3.90. The van der Waals surface area contributed by atoms with Gasteiger partial charge in [-0.2, -0.15) is 0 Å². The van der Waals surface area contributed by atoms with Gasteiger partial charge in [0.2, 0.25) is 0 Å². The largest absolute Gasteiger partial charge is 0.480 e. The minimum Gasteiger partial charge on any atom is -0.480 e. The molecule has 24 heavy (non-hydrogen) atoms. The third-order valence-electron chi connectivity index (χ3n) is 5.69. The van der Waals surface area contributed by atoms with E-state index >= 15 is 0 Å². The molecule has 1 aromatic rings. The summed E-state index contributed by atoms with van der Waals surface area (Å²) in [5, 5.41) is 9.94. The maximum Gasteiger partial charge on any atom is 0.323 e. The Morgan fingerprint density at radius 3 is 2.42 bits per heavy atom. The second-order valence-electron chi connectivity index (χ2n) is 8.65. The van der Waals surface area contributed by atoms with E-state index in [0.29, 0.717) is 19.5 Å². The molecule has 1 aromatic carbocycles. The number of nitrogens with zero attached hydrogens (tertiary/aromatic N) is 1. The van der Waals surface area contributed by atoms with Crippen LogP contribution in [0.15, 0.2) is 30.3 Å². The summed E-state index contributed by atoms with van der Waals surface area (Å²) in [6, 6.07) is 10.1. The lowest BCUT2D eigenvalue weighted by Gasteiger charge is -2.38. The maximum absolute atomic E-state index is 11.9. The molecule has 4 nitrogen and oxygen atoms in total. The average molecular weight is 350 g/mol. The van der Waals surface area contributed by atoms with E-state index in [9.17, 15) is 9.90 Å². The zero-order valence-corrected chi connectivity index (χ0v) is 16.8. The lowest BCUT2D eigenvalue weighted by molar-refractivity contribution is -0.149. The highest BCUT2D eigenvalue weighted by molar-refractivity contribution is 6.74. The lowest BCUT2D eigenvalue weighted by atomic mass is 9.98. The van der Waals surface area contributed by atoms with Gasteiger partial charge >= 0.3 is 5.97 Å². The SMILES string of the molecule is CC(C)(C)[Si](C)(C)O[C@H]1CN(Cc2ccccc2)[C@@](C)(C(=O)O)C1. The first-order valence-electron chi connectivity index (χ1n) is 8.66. The van der Waals surface area contributed by atoms with E-state index in [1.54, 1.807) is 0 Å². The molecule has 1 saturated heterocycles. The molecule has 0 bridgehead atoms. The minimum absolute atomic E-state index is 0.0179. The van der Waals surface area contributed by atoms with Crippen LogP contribution in [0.3, 0.4) is 0 Å².